The zero-order valence-electron chi connectivity index (χ0n) is 15.8. The number of primary amides is 1. The van der Waals surface area contributed by atoms with Gasteiger partial charge in [0.1, 0.15) is 11.9 Å². The third-order valence-electron chi connectivity index (χ3n) is 5.63. The molecule has 7 heteroatoms. The Labute approximate surface area is 164 Å². The summed E-state index contributed by atoms with van der Waals surface area (Å²) in [6, 6.07) is 11.4. The van der Waals surface area contributed by atoms with Gasteiger partial charge >= 0.3 is 0 Å². The van der Waals surface area contributed by atoms with Crippen LogP contribution in [0.1, 0.15) is 46.1 Å². The first-order valence-corrected chi connectivity index (χ1v) is 9.70. The number of amides is 2. The molecule has 2 aliphatic heterocycles. The lowest BCUT2D eigenvalue weighted by molar-refractivity contribution is -0.138. The summed E-state index contributed by atoms with van der Waals surface area (Å²) >= 11 is 0. The lowest BCUT2D eigenvalue weighted by Crippen LogP contribution is -2.44. The van der Waals surface area contributed by atoms with E-state index in [0.29, 0.717) is 19.5 Å². The molecule has 2 aliphatic rings. The monoisotopic (exact) mass is 379 g/mol. The lowest BCUT2D eigenvalue weighted by atomic mass is 9.99. The van der Waals surface area contributed by atoms with Crippen molar-refractivity contribution in [1.82, 2.24) is 14.8 Å². The van der Waals surface area contributed by atoms with E-state index < -0.39 is 5.91 Å². The number of pyridine rings is 1. The second-order valence-corrected chi connectivity index (χ2v) is 7.46. The van der Waals surface area contributed by atoms with Crippen LogP contribution in [0.25, 0.3) is 0 Å². The molecule has 0 bridgehead atoms. The third kappa shape index (κ3) is 3.45. The van der Waals surface area contributed by atoms with Crippen molar-refractivity contribution in [3.63, 3.8) is 0 Å². The van der Waals surface area contributed by atoms with E-state index in [1.807, 2.05) is 35.2 Å². The Balaban J connectivity index is 1.62. The average molecular weight is 379 g/mol. The number of nitrogen functional groups attached to an aromatic ring is 1. The summed E-state index contributed by atoms with van der Waals surface area (Å²) in [5, 5.41) is 0. The van der Waals surface area contributed by atoms with E-state index in [1.165, 1.54) is 0 Å². The number of carbonyl (C=O) groups excluding carboxylic acids is 2. The number of hydrogen-bond acceptors (Lipinski definition) is 5. The largest absolute Gasteiger partial charge is 0.383 e. The molecule has 3 heterocycles. The van der Waals surface area contributed by atoms with Gasteiger partial charge in [0.05, 0.1) is 5.56 Å². The standard InChI is InChI=1S/C21H25N5O2/c22-19-16(20(23)27)12-15-13-26(11-8-17(15)24-19)21(28)18(25-9-4-5-10-25)14-6-2-1-3-7-14/h1-3,6-7,12,18H,4-5,8-11,13H2,(H2,22,24)(H2,23,27)/t18-/m0/s1. The second-order valence-electron chi connectivity index (χ2n) is 7.46. The molecule has 0 radical (unpaired) electrons. The molecule has 0 saturated carbocycles. The van der Waals surface area contributed by atoms with Crippen molar-refractivity contribution in [3.05, 3.63) is 58.8 Å². The van der Waals surface area contributed by atoms with Crippen molar-refractivity contribution in [2.45, 2.75) is 31.8 Å². The molecule has 7 nitrogen and oxygen atoms in total. The van der Waals surface area contributed by atoms with Crippen LogP contribution in [0.2, 0.25) is 0 Å². The van der Waals surface area contributed by atoms with E-state index in [1.54, 1.807) is 6.07 Å². The minimum Gasteiger partial charge on any atom is -0.383 e. The second kappa shape index (κ2) is 7.59. The Kier molecular flexibility index (Phi) is 5.00. The van der Waals surface area contributed by atoms with Gasteiger partial charge in [0.25, 0.3) is 5.91 Å². The smallest absolute Gasteiger partial charge is 0.252 e. The van der Waals surface area contributed by atoms with Gasteiger partial charge in [-0.05, 0) is 43.1 Å². The van der Waals surface area contributed by atoms with Gasteiger partial charge in [-0.25, -0.2) is 4.98 Å². The van der Waals surface area contributed by atoms with Crippen molar-refractivity contribution in [2.24, 2.45) is 5.73 Å². The quantitative estimate of drug-likeness (QED) is 0.837. The predicted molar refractivity (Wildman–Crippen MR) is 106 cm³/mol. The van der Waals surface area contributed by atoms with Gasteiger partial charge in [-0.2, -0.15) is 0 Å². The van der Waals surface area contributed by atoms with Gasteiger partial charge in [0.2, 0.25) is 5.91 Å². The van der Waals surface area contributed by atoms with Crippen LogP contribution in [0.15, 0.2) is 36.4 Å². The fourth-order valence-corrected chi connectivity index (χ4v) is 4.19. The molecule has 2 amide bonds. The maximum absolute atomic E-state index is 13.5. The number of carbonyl (C=O) groups is 2. The number of aromatic nitrogens is 1. The highest BCUT2D eigenvalue weighted by atomic mass is 16.2. The number of nitrogens with zero attached hydrogens (tertiary/aromatic N) is 3. The number of nitrogens with two attached hydrogens (primary N) is 2. The molecule has 0 spiro atoms. The van der Waals surface area contributed by atoms with Crippen LogP contribution in [-0.2, 0) is 17.8 Å². The number of anilines is 1. The van der Waals surface area contributed by atoms with Crippen molar-refractivity contribution in [1.29, 1.82) is 0 Å². The van der Waals surface area contributed by atoms with E-state index in [4.69, 9.17) is 11.5 Å². The molecule has 4 rings (SSSR count). The van der Waals surface area contributed by atoms with Crippen LogP contribution < -0.4 is 11.5 Å². The molecule has 4 N–H and O–H groups in total. The zero-order valence-corrected chi connectivity index (χ0v) is 15.8. The van der Waals surface area contributed by atoms with Crippen molar-refractivity contribution >= 4 is 17.6 Å². The van der Waals surface area contributed by atoms with Gasteiger partial charge in [0.15, 0.2) is 0 Å². The van der Waals surface area contributed by atoms with Crippen LogP contribution >= 0.6 is 0 Å². The number of likely N-dealkylation sites (tertiary alicyclic amines) is 1. The highest BCUT2D eigenvalue weighted by Crippen LogP contribution is 2.30. The summed E-state index contributed by atoms with van der Waals surface area (Å²) in [5.74, 6) is -0.350. The van der Waals surface area contributed by atoms with Crippen molar-refractivity contribution in [3.8, 4) is 0 Å². The average Bonchev–Trinajstić information content (AvgIpc) is 3.22. The van der Waals surface area contributed by atoms with Gasteiger partial charge in [-0.15, -0.1) is 0 Å². The number of rotatable bonds is 4. The van der Waals surface area contributed by atoms with Crippen molar-refractivity contribution < 1.29 is 9.59 Å². The minimum atomic E-state index is -0.601. The molecule has 1 atom stereocenters. The third-order valence-corrected chi connectivity index (χ3v) is 5.63. The summed E-state index contributed by atoms with van der Waals surface area (Å²) in [7, 11) is 0. The van der Waals surface area contributed by atoms with E-state index in [9.17, 15) is 9.59 Å². The van der Waals surface area contributed by atoms with Crippen molar-refractivity contribution in [2.75, 3.05) is 25.4 Å². The van der Waals surface area contributed by atoms with Crippen LogP contribution in [0.5, 0.6) is 0 Å². The van der Waals surface area contributed by atoms with E-state index in [2.05, 4.69) is 9.88 Å². The van der Waals surface area contributed by atoms with E-state index in [0.717, 1.165) is 42.8 Å². The molecule has 0 aliphatic carbocycles. The van der Waals surface area contributed by atoms with Crippen LogP contribution in [0.4, 0.5) is 5.82 Å². The fourth-order valence-electron chi connectivity index (χ4n) is 4.19. The number of benzene rings is 1. The SMILES string of the molecule is NC(=O)c1cc2c(nc1N)CCN(C(=O)[C@H](c1ccccc1)N1CCCC1)C2. The van der Waals surface area contributed by atoms with E-state index >= 15 is 0 Å². The van der Waals surface area contributed by atoms with Gasteiger partial charge in [0, 0.05) is 25.2 Å². The Hall–Kier alpha value is -2.93. The normalized spacial score (nSPS) is 17.9. The highest BCUT2D eigenvalue weighted by molar-refractivity contribution is 5.97. The Morgan fingerprint density at radius 1 is 1.07 bits per heavy atom. The van der Waals surface area contributed by atoms with Crippen LogP contribution in [0.3, 0.4) is 0 Å². The van der Waals surface area contributed by atoms with E-state index in [-0.39, 0.29) is 23.3 Å². The molecular weight excluding hydrogens is 354 g/mol. The highest BCUT2D eigenvalue weighted by Gasteiger charge is 2.34. The Morgan fingerprint density at radius 3 is 2.46 bits per heavy atom. The summed E-state index contributed by atoms with van der Waals surface area (Å²) in [6.45, 7) is 2.86. The van der Waals surface area contributed by atoms with Gasteiger partial charge in [-0.3, -0.25) is 14.5 Å². The van der Waals surface area contributed by atoms with Gasteiger partial charge in [-0.1, -0.05) is 30.3 Å². The summed E-state index contributed by atoms with van der Waals surface area (Å²) in [4.78, 5) is 33.6. The predicted octanol–water partition coefficient (Wildman–Crippen LogP) is 1.48. The molecular formula is C21H25N5O2. The Bertz CT molecular complexity index is 893. The van der Waals surface area contributed by atoms with Crippen LogP contribution in [-0.4, -0.2) is 46.2 Å². The summed E-state index contributed by atoms with van der Waals surface area (Å²) in [6.07, 6.45) is 2.85. The molecule has 1 aromatic carbocycles. The Morgan fingerprint density at radius 2 is 1.79 bits per heavy atom. The minimum absolute atomic E-state index is 0.0937. The maximum Gasteiger partial charge on any atom is 0.252 e. The number of fused-ring (bicyclic) bond motifs is 1. The topological polar surface area (TPSA) is 106 Å². The molecule has 1 fully saturated rings. The first-order valence-electron chi connectivity index (χ1n) is 9.70. The molecule has 1 saturated heterocycles. The number of hydrogen-bond donors (Lipinski definition) is 2. The lowest BCUT2D eigenvalue weighted by Gasteiger charge is -2.35. The maximum atomic E-state index is 13.5. The molecule has 0 unspecified atom stereocenters. The first-order chi connectivity index (χ1) is 13.5. The molecule has 2 aromatic rings. The first kappa shape index (κ1) is 18.4. The molecule has 146 valence electrons. The molecule has 1 aromatic heterocycles. The molecule has 28 heavy (non-hydrogen) atoms. The van der Waals surface area contributed by atoms with Gasteiger partial charge < -0.3 is 16.4 Å². The summed E-state index contributed by atoms with van der Waals surface area (Å²) in [5.41, 5.74) is 14.2. The van der Waals surface area contributed by atoms with Crippen LogP contribution in [0, 0.1) is 0 Å². The fraction of sp³-hybridized carbons (Fsp3) is 0.381. The summed E-state index contributed by atoms with van der Waals surface area (Å²) < 4.78 is 0. The zero-order chi connectivity index (χ0) is 19.7.